The molecule has 0 saturated heterocycles. The van der Waals surface area contributed by atoms with E-state index < -0.39 is 6.10 Å². The predicted molar refractivity (Wildman–Crippen MR) is 82.5 cm³/mol. The first-order valence-corrected chi connectivity index (χ1v) is 7.76. The van der Waals surface area contributed by atoms with E-state index in [4.69, 9.17) is 4.74 Å². The largest absolute Gasteiger partial charge is 0.389 e. The molecule has 0 aromatic rings. The Hall–Kier alpha value is -0.380. The van der Waals surface area contributed by atoms with Gasteiger partial charge < -0.3 is 15.2 Å². The number of rotatable bonds is 13. The van der Waals surface area contributed by atoms with Gasteiger partial charge in [0.1, 0.15) is 0 Å². The van der Waals surface area contributed by atoms with Crippen molar-refractivity contribution in [2.75, 3.05) is 26.3 Å². The topological polar surface area (TPSA) is 41.5 Å². The number of unbranched alkanes of at least 4 members (excludes halogenated alkanes) is 5. The predicted octanol–water partition coefficient (Wildman–Crippen LogP) is 3.28. The summed E-state index contributed by atoms with van der Waals surface area (Å²) in [6.45, 7) is 9.00. The molecular weight excluding hydrogens is 238 g/mol. The van der Waals surface area contributed by atoms with Crippen LogP contribution < -0.4 is 5.32 Å². The third-order valence-corrected chi connectivity index (χ3v) is 2.99. The first-order valence-electron chi connectivity index (χ1n) is 7.76. The Morgan fingerprint density at radius 3 is 2.53 bits per heavy atom. The first kappa shape index (κ1) is 18.6. The second-order valence-electron chi connectivity index (χ2n) is 5.44. The molecule has 0 aromatic heterocycles. The van der Waals surface area contributed by atoms with Gasteiger partial charge in [0, 0.05) is 19.7 Å². The zero-order valence-corrected chi connectivity index (χ0v) is 13.1. The maximum absolute atomic E-state index is 9.68. The molecule has 0 spiro atoms. The minimum Gasteiger partial charge on any atom is -0.389 e. The number of aliphatic hydroxyl groups excluding tert-OH is 1. The van der Waals surface area contributed by atoms with Gasteiger partial charge in [-0.05, 0) is 20.3 Å². The van der Waals surface area contributed by atoms with Crippen molar-refractivity contribution >= 4 is 0 Å². The number of aliphatic hydroxyl groups is 1. The zero-order valence-electron chi connectivity index (χ0n) is 13.1. The lowest BCUT2D eigenvalue weighted by Crippen LogP contribution is -2.30. The Bertz CT molecular complexity index is 213. The van der Waals surface area contributed by atoms with E-state index in [0.717, 1.165) is 19.6 Å². The molecule has 3 nitrogen and oxygen atoms in total. The van der Waals surface area contributed by atoms with Crippen molar-refractivity contribution in [1.82, 2.24) is 5.32 Å². The van der Waals surface area contributed by atoms with Crippen molar-refractivity contribution < 1.29 is 9.84 Å². The monoisotopic (exact) mass is 271 g/mol. The molecule has 0 aliphatic rings. The van der Waals surface area contributed by atoms with Crippen LogP contribution in [0.2, 0.25) is 0 Å². The summed E-state index contributed by atoms with van der Waals surface area (Å²) in [4.78, 5) is 0. The van der Waals surface area contributed by atoms with Gasteiger partial charge in [-0.15, -0.1) is 0 Å². The van der Waals surface area contributed by atoms with Crippen LogP contribution in [-0.4, -0.2) is 37.5 Å². The Morgan fingerprint density at radius 2 is 1.84 bits per heavy atom. The van der Waals surface area contributed by atoms with E-state index in [-0.39, 0.29) is 0 Å². The fourth-order valence-electron chi connectivity index (χ4n) is 1.79. The molecule has 3 heteroatoms. The molecule has 0 fully saturated rings. The molecule has 0 radical (unpaired) electrons. The van der Waals surface area contributed by atoms with Crippen LogP contribution in [0.5, 0.6) is 0 Å². The van der Waals surface area contributed by atoms with Gasteiger partial charge in [-0.2, -0.15) is 0 Å². The van der Waals surface area contributed by atoms with Gasteiger partial charge in [-0.3, -0.25) is 0 Å². The maximum atomic E-state index is 9.68. The summed E-state index contributed by atoms with van der Waals surface area (Å²) in [6.07, 6.45) is 9.36. The Kier molecular flexibility index (Phi) is 13.8. The minimum atomic E-state index is -0.398. The highest BCUT2D eigenvalue weighted by atomic mass is 16.5. The van der Waals surface area contributed by atoms with Gasteiger partial charge in [0.05, 0.1) is 12.7 Å². The zero-order chi connectivity index (χ0) is 14.3. The highest BCUT2D eigenvalue weighted by molar-refractivity contribution is 4.94. The third-order valence-electron chi connectivity index (χ3n) is 2.99. The first-order chi connectivity index (χ1) is 9.16. The van der Waals surface area contributed by atoms with E-state index in [1.165, 1.54) is 37.7 Å². The molecule has 1 atom stereocenters. The van der Waals surface area contributed by atoms with E-state index >= 15 is 0 Å². The van der Waals surface area contributed by atoms with Crippen molar-refractivity contribution in [2.24, 2.45) is 0 Å². The highest BCUT2D eigenvalue weighted by Crippen LogP contribution is 2.04. The fraction of sp³-hybridized carbons (Fsp3) is 0.875. The van der Waals surface area contributed by atoms with Crippen LogP contribution in [0.1, 0.15) is 59.3 Å². The Morgan fingerprint density at radius 1 is 1.16 bits per heavy atom. The Labute approximate surface area is 119 Å². The van der Waals surface area contributed by atoms with Gasteiger partial charge in [0.15, 0.2) is 0 Å². The van der Waals surface area contributed by atoms with Crippen LogP contribution in [0, 0.1) is 0 Å². The third kappa shape index (κ3) is 15.6. The summed E-state index contributed by atoms with van der Waals surface area (Å²) in [6, 6.07) is 0. The average Bonchev–Trinajstić information content (AvgIpc) is 2.37. The molecule has 19 heavy (non-hydrogen) atoms. The van der Waals surface area contributed by atoms with E-state index in [0.29, 0.717) is 13.2 Å². The summed E-state index contributed by atoms with van der Waals surface area (Å²) in [5.41, 5.74) is 1.29. The molecule has 0 heterocycles. The van der Waals surface area contributed by atoms with Gasteiger partial charge in [-0.1, -0.05) is 50.7 Å². The lowest BCUT2D eigenvalue weighted by atomic mass is 10.1. The number of allylic oxidation sites excluding steroid dienone is 1. The van der Waals surface area contributed by atoms with Crippen molar-refractivity contribution in [3.63, 3.8) is 0 Å². The normalized spacial score (nSPS) is 12.4. The fourth-order valence-corrected chi connectivity index (χ4v) is 1.79. The summed E-state index contributed by atoms with van der Waals surface area (Å²) >= 11 is 0. The molecule has 0 aromatic carbocycles. The summed E-state index contributed by atoms with van der Waals surface area (Å²) in [5, 5.41) is 12.9. The summed E-state index contributed by atoms with van der Waals surface area (Å²) in [7, 11) is 0. The van der Waals surface area contributed by atoms with Gasteiger partial charge in [0.2, 0.25) is 0 Å². The van der Waals surface area contributed by atoms with Crippen molar-refractivity contribution in [3.8, 4) is 0 Å². The van der Waals surface area contributed by atoms with Crippen molar-refractivity contribution in [1.29, 1.82) is 0 Å². The van der Waals surface area contributed by atoms with Crippen LogP contribution in [-0.2, 0) is 4.74 Å². The Balaban J connectivity index is 3.20. The SMILES string of the molecule is CCCCCCCCOCC(O)CNCC=C(C)C. The number of nitrogens with one attached hydrogen (secondary N) is 1. The number of hydrogen-bond donors (Lipinski definition) is 2. The van der Waals surface area contributed by atoms with Crippen LogP contribution in [0.25, 0.3) is 0 Å². The van der Waals surface area contributed by atoms with Crippen LogP contribution >= 0.6 is 0 Å². The summed E-state index contributed by atoms with van der Waals surface area (Å²) in [5.74, 6) is 0. The van der Waals surface area contributed by atoms with E-state index in [1.54, 1.807) is 0 Å². The number of ether oxygens (including phenoxy) is 1. The van der Waals surface area contributed by atoms with Crippen molar-refractivity contribution in [3.05, 3.63) is 11.6 Å². The highest BCUT2D eigenvalue weighted by Gasteiger charge is 2.02. The van der Waals surface area contributed by atoms with Gasteiger partial charge in [-0.25, -0.2) is 0 Å². The van der Waals surface area contributed by atoms with E-state index in [2.05, 4.69) is 32.2 Å². The van der Waals surface area contributed by atoms with E-state index in [1.807, 2.05) is 0 Å². The molecule has 114 valence electrons. The summed E-state index contributed by atoms with van der Waals surface area (Å²) < 4.78 is 5.47. The van der Waals surface area contributed by atoms with Crippen LogP contribution in [0.15, 0.2) is 11.6 Å². The molecule has 0 aliphatic carbocycles. The standard InChI is InChI=1S/C16H33NO2/c1-4-5-6-7-8-9-12-19-14-16(18)13-17-11-10-15(2)3/h10,16-18H,4-9,11-14H2,1-3H3. The van der Waals surface area contributed by atoms with E-state index in [9.17, 15) is 5.11 Å². The molecule has 0 amide bonds. The van der Waals surface area contributed by atoms with Gasteiger partial charge >= 0.3 is 0 Å². The second-order valence-corrected chi connectivity index (χ2v) is 5.44. The molecular formula is C16H33NO2. The van der Waals surface area contributed by atoms with Crippen LogP contribution in [0.3, 0.4) is 0 Å². The average molecular weight is 271 g/mol. The van der Waals surface area contributed by atoms with Crippen LogP contribution in [0.4, 0.5) is 0 Å². The van der Waals surface area contributed by atoms with Gasteiger partial charge in [0.25, 0.3) is 0 Å². The lowest BCUT2D eigenvalue weighted by Gasteiger charge is -2.11. The van der Waals surface area contributed by atoms with Crippen molar-refractivity contribution in [2.45, 2.75) is 65.4 Å². The molecule has 0 bridgehead atoms. The smallest absolute Gasteiger partial charge is 0.0897 e. The molecule has 0 rings (SSSR count). The lowest BCUT2D eigenvalue weighted by molar-refractivity contribution is 0.0359. The quantitative estimate of drug-likeness (QED) is 0.399. The molecule has 2 N–H and O–H groups in total. The maximum Gasteiger partial charge on any atom is 0.0897 e. The number of hydrogen-bond acceptors (Lipinski definition) is 3. The minimum absolute atomic E-state index is 0.398. The molecule has 0 aliphatic heterocycles. The molecule has 1 unspecified atom stereocenters. The second kappa shape index (κ2) is 14.0. The molecule has 0 saturated carbocycles.